The molecule has 23 heavy (non-hydrogen) atoms. The van der Waals surface area contributed by atoms with E-state index in [2.05, 4.69) is 10.2 Å². The molecule has 2 fully saturated rings. The molecule has 1 unspecified atom stereocenters. The number of nitrogens with one attached hydrogen (secondary N) is 1. The molecule has 0 bridgehead atoms. The highest BCUT2D eigenvalue weighted by Gasteiger charge is 2.38. The highest BCUT2D eigenvalue weighted by molar-refractivity contribution is 6.31. The lowest BCUT2D eigenvalue weighted by Crippen LogP contribution is -2.28. The molecule has 1 aliphatic carbocycles. The van der Waals surface area contributed by atoms with Gasteiger partial charge in [-0.15, -0.1) is 0 Å². The summed E-state index contributed by atoms with van der Waals surface area (Å²) in [4.78, 5) is 12.6. The van der Waals surface area contributed by atoms with Crippen LogP contribution >= 0.6 is 11.6 Å². The van der Waals surface area contributed by atoms with Gasteiger partial charge in [0, 0.05) is 31.2 Å². The molecule has 0 amide bonds. The maximum atomic E-state index is 12.8. The Morgan fingerprint density at radius 2 is 2.00 bits per heavy atom. The number of rotatable bonds is 4. The van der Waals surface area contributed by atoms with Crippen molar-refractivity contribution in [2.45, 2.75) is 37.5 Å². The van der Waals surface area contributed by atoms with E-state index in [0.29, 0.717) is 12.1 Å². The molecule has 126 valence electrons. The maximum absolute atomic E-state index is 12.8. The van der Waals surface area contributed by atoms with Gasteiger partial charge in [0.05, 0.1) is 15.5 Å². The molecule has 1 aromatic rings. The smallest absolute Gasteiger partial charge is 0.375 e. The molecule has 2 aliphatic rings. The summed E-state index contributed by atoms with van der Waals surface area (Å²) in [6, 6.07) is 2.07. The topological polar surface area (TPSA) is 58.4 Å². The summed E-state index contributed by atoms with van der Waals surface area (Å²) in [5, 5.41) is 13.6. The second-order valence-corrected chi connectivity index (χ2v) is 6.37. The molecule has 1 saturated heterocycles. The van der Waals surface area contributed by atoms with E-state index in [9.17, 15) is 23.3 Å². The van der Waals surface area contributed by atoms with Gasteiger partial charge >= 0.3 is 6.18 Å². The van der Waals surface area contributed by atoms with Crippen molar-refractivity contribution in [2.75, 3.05) is 18.4 Å². The number of hydrogen-bond donors (Lipinski definition) is 1. The highest BCUT2D eigenvalue weighted by atomic mass is 35.5. The number of alkyl halides is 3. The van der Waals surface area contributed by atoms with Crippen LogP contribution < -0.4 is 5.32 Å². The summed E-state index contributed by atoms with van der Waals surface area (Å²) < 4.78 is 38.5. The van der Waals surface area contributed by atoms with Crippen LogP contribution in [0, 0.1) is 10.1 Å². The Kier molecular flexibility index (Phi) is 4.14. The summed E-state index contributed by atoms with van der Waals surface area (Å²) >= 11 is 5.67. The molecule has 5 nitrogen and oxygen atoms in total. The van der Waals surface area contributed by atoms with Crippen LogP contribution in [-0.2, 0) is 6.18 Å². The Hall–Kier alpha value is -1.54. The van der Waals surface area contributed by atoms with Crippen LogP contribution in [0.4, 0.5) is 24.5 Å². The number of nitro benzene ring substituents is 1. The van der Waals surface area contributed by atoms with E-state index in [0.717, 1.165) is 25.6 Å². The first kappa shape index (κ1) is 16.3. The molecular weight excluding hydrogens is 335 g/mol. The fourth-order valence-corrected chi connectivity index (χ4v) is 3.21. The second kappa shape index (κ2) is 5.83. The van der Waals surface area contributed by atoms with Crippen LogP contribution in [0.25, 0.3) is 0 Å². The molecule has 1 saturated carbocycles. The van der Waals surface area contributed by atoms with Crippen molar-refractivity contribution >= 4 is 23.0 Å². The number of nitro groups is 1. The van der Waals surface area contributed by atoms with Crippen LogP contribution in [0.5, 0.6) is 0 Å². The van der Waals surface area contributed by atoms with Gasteiger partial charge in [-0.3, -0.25) is 15.0 Å². The fourth-order valence-electron chi connectivity index (χ4n) is 2.94. The first-order valence-electron chi connectivity index (χ1n) is 7.31. The van der Waals surface area contributed by atoms with E-state index in [1.165, 1.54) is 12.8 Å². The standard InChI is InChI=1S/C14H15ClF3N3O2/c15-11-6-12(13(21(22)23)5-10(11)14(16,17)18)19-8-3-4-20(7-8)9-1-2-9/h5-6,8-9,19H,1-4,7H2. The third kappa shape index (κ3) is 3.53. The third-order valence-electron chi connectivity index (χ3n) is 4.23. The van der Waals surface area contributed by atoms with E-state index >= 15 is 0 Å². The van der Waals surface area contributed by atoms with E-state index in [-0.39, 0.29) is 11.7 Å². The van der Waals surface area contributed by atoms with Crippen LogP contribution in [-0.4, -0.2) is 35.0 Å². The minimum absolute atomic E-state index is 0.0258. The first-order valence-corrected chi connectivity index (χ1v) is 7.69. The van der Waals surface area contributed by atoms with Gasteiger partial charge in [-0.1, -0.05) is 11.6 Å². The molecule has 0 radical (unpaired) electrons. The zero-order chi connectivity index (χ0) is 16.8. The van der Waals surface area contributed by atoms with Gasteiger partial charge in [0.15, 0.2) is 0 Å². The molecule has 1 heterocycles. The van der Waals surface area contributed by atoms with Crippen molar-refractivity contribution in [1.82, 2.24) is 4.90 Å². The molecule has 1 aromatic carbocycles. The highest BCUT2D eigenvalue weighted by Crippen LogP contribution is 2.41. The monoisotopic (exact) mass is 349 g/mol. The average Bonchev–Trinajstić information content (AvgIpc) is 3.18. The Morgan fingerprint density at radius 1 is 1.30 bits per heavy atom. The van der Waals surface area contributed by atoms with E-state index < -0.39 is 27.4 Å². The van der Waals surface area contributed by atoms with E-state index in [4.69, 9.17) is 11.6 Å². The predicted molar refractivity (Wildman–Crippen MR) is 79.7 cm³/mol. The predicted octanol–water partition coefficient (Wildman–Crippen LogP) is 3.92. The van der Waals surface area contributed by atoms with Gasteiger partial charge < -0.3 is 5.32 Å². The van der Waals surface area contributed by atoms with Crippen molar-refractivity contribution < 1.29 is 18.1 Å². The minimum atomic E-state index is -4.73. The SMILES string of the molecule is O=[N+]([O-])c1cc(C(F)(F)F)c(Cl)cc1NC1CCN(C2CC2)C1. The molecule has 0 aromatic heterocycles. The van der Waals surface area contributed by atoms with Gasteiger partial charge in [0.2, 0.25) is 0 Å². The number of hydrogen-bond acceptors (Lipinski definition) is 4. The van der Waals surface area contributed by atoms with Gasteiger partial charge in [0.1, 0.15) is 5.69 Å². The number of benzene rings is 1. The van der Waals surface area contributed by atoms with E-state index in [1.807, 2.05) is 0 Å². The molecule has 1 aliphatic heterocycles. The van der Waals surface area contributed by atoms with Crippen LogP contribution in [0.1, 0.15) is 24.8 Å². The molecule has 0 spiro atoms. The van der Waals surface area contributed by atoms with Crippen LogP contribution in [0.15, 0.2) is 12.1 Å². The Bertz CT molecular complexity index is 634. The Labute approximate surface area is 135 Å². The molecule has 3 rings (SSSR count). The van der Waals surface area contributed by atoms with Crippen molar-refractivity contribution in [2.24, 2.45) is 0 Å². The Morgan fingerprint density at radius 3 is 2.57 bits per heavy atom. The summed E-state index contributed by atoms with van der Waals surface area (Å²) in [5.74, 6) is 0. The maximum Gasteiger partial charge on any atom is 0.418 e. The van der Waals surface area contributed by atoms with Crippen molar-refractivity contribution in [1.29, 1.82) is 0 Å². The number of anilines is 1. The largest absolute Gasteiger partial charge is 0.418 e. The summed E-state index contributed by atoms with van der Waals surface area (Å²) in [7, 11) is 0. The quantitative estimate of drug-likeness (QED) is 0.661. The van der Waals surface area contributed by atoms with Crippen molar-refractivity contribution in [3.05, 3.63) is 32.8 Å². The van der Waals surface area contributed by atoms with E-state index in [1.54, 1.807) is 0 Å². The van der Waals surface area contributed by atoms with Crippen LogP contribution in [0.3, 0.4) is 0 Å². The number of likely N-dealkylation sites (tertiary alicyclic amines) is 1. The summed E-state index contributed by atoms with van der Waals surface area (Å²) in [5.41, 5.74) is -1.76. The molecule has 9 heteroatoms. The van der Waals surface area contributed by atoms with Crippen molar-refractivity contribution in [3.63, 3.8) is 0 Å². The fraction of sp³-hybridized carbons (Fsp3) is 0.571. The summed E-state index contributed by atoms with van der Waals surface area (Å²) in [6.45, 7) is 1.63. The van der Waals surface area contributed by atoms with Gasteiger partial charge in [0.25, 0.3) is 5.69 Å². The molecule has 1 N–H and O–H groups in total. The average molecular weight is 350 g/mol. The van der Waals surface area contributed by atoms with Gasteiger partial charge in [-0.25, -0.2) is 0 Å². The number of nitrogens with zero attached hydrogens (tertiary/aromatic N) is 2. The van der Waals surface area contributed by atoms with Gasteiger partial charge in [-0.2, -0.15) is 13.2 Å². The zero-order valence-corrected chi connectivity index (χ0v) is 12.8. The third-order valence-corrected chi connectivity index (χ3v) is 4.54. The zero-order valence-electron chi connectivity index (χ0n) is 12.1. The normalized spacial score (nSPS) is 22.3. The summed E-state index contributed by atoms with van der Waals surface area (Å²) in [6.07, 6.45) is -1.60. The number of halogens is 4. The minimum Gasteiger partial charge on any atom is -0.375 e. The van der Waals surface area contributed by atoms with Crippen LogP contribution in [0.2, 0.25) is 5.02 Å². The Balaban J connectivity index is 1.83. The van der Waals surface area contributed by atoms with Gasteiger partial charge in [-0.05, 0) is 25.3 Å². The lowest BCUT2D eigenvalue weighted by Gasteiger charge is -2.18. The van der Waals surface area contributed by atoms with Crippen molar-refractivity contribution in [3.8, 4) is 0 Å². The second-order valence-electron chi connectivity index (χ2n) is 5.96. The molecule has 1 atom stereocenters. The lowest BCUT2D eigenvalue weighted by atomic mass is 10.1. The molecular formula is C14H15ClF3N3O2. The lowest BCUT2D eigenvalue weighted by molar-refractivity contribution is -0.384. The first-order chi connectivity index (χ1) is 10.8.